The van der Waals surface area contributed by atoms with Crippen molar-refractivity contribution in [1.82, 2.24) is 5.32 Å². The van der Waals surface area contributed by atoms with E-state index >= 15 is 0 Å². The number of aliphatic hydroxyl groups excluding tert-OH is 2. The molecule has 0 fully saturated rings. The summed E-state index contributed by atoms with van der Waals surface area (Å²) in [5, 5.41) is 23.1. The molecule has 0 aliphatic rings. The summed E-state index contributed by atoms with van der Waals surface area (Å²) in [4.78, 5) is 24.6. The monoisotopic (exact) mass is 998 g/mol. The SMILES string of the molecule is CCCCCCCC/C=C\CCCCCCCCCCCC(=O)OCCCCCCCCCCC/C=C\CCCCCCCCCC(=O)NC(CO)C(O)/C=C/CCCCCCCCCCCCCCC. The number of allylic oxidation sites excluding steroid dienone is 5. The lowest BCUT2D eigenvalue weighted by Gasteiger charge is -2.20. The van der Waals surface area contributed by atoms with E-state index in [-0.39, 0.29) is 18.5 Å². The fourth-order valence-corrected chi connectivity index (χ4v) is 9.74. The molecule has 0 aromatic heterocycles. The minimum Gasteiger partial charge on any atom is -0.466 e. The van der Waals surface area contributed by atoms with Gasteiger partial charge in [-0.15, -0.1) is 0 Å². The second-order valence-corrected chi connectivity index (χ2v) is 21.7. The highest BCUT2D eigenvalue weighted by molar-refractivity contribution is 5.76. The second-order valence-electron chi connectivity index (χ2n) is 21.7. The lowest BCUT2D eigenvalue weighted by atomic mass is 10.0. The Morgan fingerprint density at radius 3 is 1.00 bits per heavy atom. The zero-order chi connectivity index (χ0) is 51.4. The van der Waals surface area contributed by atoms with Crippen LogP contribution in [0.15, 0.2) is 36.5 Å². The Kier molecular flexibility index (Phi) is 59.0. The predicted molar refractivity (Wildman–Crippen MR) is 310 cm³/mol. The zero-order valence-corrected chi connectivity index (χ0v) is 47.7. The maximum atomic E-state index is 12.5. The Bertz CT molecular complexity index is 1150. The summed E-state index contributed by atoms with van der Waals surface area (Å²) >= 11 is 0. The molecule has 0 aromatic carbocycles. The van der Waals surface area contributed by atoms with Crippen molar-refractivity contribution in [3.8, 4) is 0 Å². The Morgan fingerprint density at radius 1 is 0.380 bits per heavy atom. The minimum atomic E-state index is -0.850. The summed E-state index contributed by atoms with van der Waals surface area (Å²) in [6.45, 7) is 4.90. The van der Waals surface area contributed by atoms with Crippen molar-refractivity contribution in [2.45, 2.75) is 353 Å². The third-order valence-corrected chi connectivity index (χ3v) is 14.6. The van der Waals surface area contributed by atoms with Gasteiger partial charge < -0.3 is 20.3 Å². The van der Waals surface area contributed by atoms with Crippen molar-refractivity contribution < 1.29 is 24.5 Å². The summed E-state index contributed by atoms with van der Waals surface area (Å²) in [5.74, 6) is -0.0703. The average Bonchev–Trinajstić information content (AvgIpc) is 3.37. The molecule has 0 saturated carbocycles. The van der Waals surface area contributed by atoms with E-state index < -0.39 is 12.1 Å². The lowest BCUT2D eigenvalue weighted by molar-refractivity contribution is -0.143. The molecule has 0 saturated heterocycles. The maximum Gasteiger partial charge on any atom is 0.305 e. The van der Waals surface area contributed by atoms with Gasteiger partial charge in [0, 0.05) is 12.8 Å². The minimum absolute atomic E-state index is 0.00524. The van der Waals surface area contributed by atoms with Gasteiger partial charge in [-0.2, -0.15) is 0 Å². The first-order chi connectivity index (χ1) is 35.0. The van der Waals surface area contributed by atoms with Gasteiger partial charge in [-0.05, 0) is 83.5 Å². The van der Waals surface area contributed by atoms with Crippen LogP contribution in [0.1, 0.15) is 341 Å². The molecule has 6 heteroatoms. The van der Waals surface area contributed by atoms with Crippen LogP contribution in [0.4, 0.5) is 0 Å². The molecule has 418 valence electrons. The molecule has 0 rings (SSSR count). The van der Waals surface area contributed by atoms with Crippen molar-refractivity contribution in [2.24, 2.45) is 0 Å². The molecule has 2 atom stereocenters. The van der Waals surface area contributed by atoms with Gasteiger partial charge in [-0.25, -0.2) is 0 Å². The number of carbonyl (C=O) groups is 2. The highest BCUT2D eigenvalue weighted by atomic mass is 16.5. The number of unbranched alkanes of at least 4 members (excludes halogenated alkanes) is 44. The topological polar surface area (TPSA) is 95.9 Å². The van der Waals surface area contributed by atoms with Crippen molar-refractivity contribution in [3.05, 3.63) is 36.5 Å². The molecule has 1 amide bonds. The van der Waals surface area contributed by atoms with Crippen LogP contribution in [-0.2, 0) is 14.3 Å². The zero-order valence-electron chi connectivity index (χ0n) is 47.7. The molecular weight excluding hydrogens is 875 g/mol. The van der Waals surface area contributed by atoms with Crippen molar-refractivity contribution in [1.29, 1.82) is 0 Å². The Morgan fingerprint density at radius 2 is 0.662 bits per heavy atom. The number of ether oxygens (including phenoxy) is 1. The van der Waals surface area contributed by atoms with Crippen LogP contribution in [-0.4, -0.2) is 47.4 Å². The van der Waals surface area contributed by atoms with Gasteiger partial charge >= 0.3 is 5.97 Å². The molecule has 0 bridgehead atoms. The molecule has 0 spiro atoms. The van der Waals surface area contributed by atoms with Crippen LogP contribution in [0.2, 0.25) is 0 Å². The van der Waals surface area contributed by atoms with E-state index in [0.29, 0.717) is 19.4 Å². The molecule has 0 heterocycles. The van der Waals surface area contributed by atoms with E-state index in [0.717, 1.165) is 51.4 Å². The van der Waals surface area contributed by atoms with E-state index in [2.05, 4.69) is 43.5 Å². The number of carbonyl (C=O) groups excluding carboxylic acids is 2. The van der Waals surface area contributed by atoms with Crippen LogP contribution in [0.5, 0.6) is 0 Å². The number of esters is 1. The molecule has 6 nitrogen and oxygen atoms in total. The standard InChI is InChI=1S/C65H123NO5/c1-3-5-7-9-11-13-15-17-19-20-23-27-31-35-39-43-47-51-55-59-65(70)71-60-56-52-48-44-40-36-32-28-25-22-21-24-26-30-34-38-42-46-50-54-58-64(69)66-62(61-67)63(68)57-53-49-45-41-37-33-29-18-16-14-12-10-8-6-4-2/h17,19,21,24,53,57,62-63,67-68H,3-16,18,20,22-23,25-52,54-56,58-61H2,1-2H3,(H,66,69)/b19-17-,24-21-,57-53+. The highest BCUT2D eigenvalue weighted by Gasteiger charge is 2.18. The molecule has 3 N–H and O–H groups in total. The van der Waals surface area contributed by atoms with Gasteiger partial charge in [0.25, 0.3) is 0 Å². The summed E-state index contributed by atoms with van der Waals surface area (Å²) < 4.78 is 5.50. The lowest BCUT2D eigenvalue weighted by Crippen LogP contribution is -2.45. The van der Waals surface area contributed by atoms with Crippen molar-refractivity contribution >= 4 is 11.9 Å². The predicted octanol–water partition coefficient (Wildman–Crippen LogP) is 20.0. The number of rotatable bonds is 59. The summed E-state index contributed by atoms with van der Waals surface area (Å²) in [6.07, 6.45) is 76.1. The third kappa shape index (κ3) is 57.2. The van der Waals surface area contributed by atoms with E-state index in [9.17, 15) is 19.8 Å². The normalized spacial score (nSPS) is 12.8. The molecule has 0 aromatic rings. The van der Waals surface area contributed by atoms with Crippen LogP contribution in [0, 0.1) is 0 Å². The Balaban J connectivity index is 3.43. The molecule has 0 radical (unpaired) electrons. The first-order valence-corrected chi connectivity index (χ1v) is 31.8. The molecule has 2 unspecified atom stereocenters. The van der Waals surface area contributed by atoms with Gasteiger partial charge in [0.1, 0.15) is 0 Å². The van der Waals surface area contributed by atoms with Crippen LogP contribution in [0.25, 0.3) is 0 Å². The first kappa shape index (κ1) is 69.1. The number of nitrogens with one attached hydrogen (secondary N) is 1. The van der Waals surface area contributed by atoms with Crippen molar-refractivity contribution in [2.75, 3.05) is 13.2 Å². The van der Waals surface area contributed by atoms with E-state index in [1.54, 1.807) is 6.08 Å². The third-order valence-electron chi connectivity index (χ3n) is 14.6. The van der Waals surface area contributed by atoms with E-state index in [4.69, 9.17) is 4.74 Å². The van der Waals surface area contributed by atoms with Gasteiger partial charge in [-0.3, -0.25) is 9.59 Å². The first-order valence-electron chi connectivity index (χ1n) is 31.8. The molecular formula is C65H123NO5. The summed E-state index contributed by atoms with van der Waals surface area (Å²) in [5.41, 5.74) is 0. The largest absolute Gasteiger partial charge is 0.466 e. The number of hydrogen-bond acceptors (Lipinski definition) is 5. The summed E-state index contributed by atoms with van der Waals surface area (Å²) in [6, 6.07) is -0.634. The maximum absolute atomic E-state index is 12.5. The van der Waals surface area contributed by atoms with Gasteiger partial charge in [0.2, 0.25) is 5.91 Å². The number of amides is 1. The average molecular weight is 999 g/mol. The van der Waals surface area contributed by atoms with Crippen LogP contribution in [0.3, 0.4) is 0 Å². The van der Waals surface area contributed by atoms with E-state index in [1.165, 1.54) is 263 Å². The van der Waals surface area contributed by atoms with E-state index in [1.807, 2.05) is 6.08 Å². The number of aliphatic hydroxyl groups is 2. The van der Waals surface area contributed by atoms with Gasteiger partial charge in [-0.1, -0.05) is 281 Å². The fourth-order valence-electron chi connectivity index (χ4n) is 9.74. The van der Waals surface area contributed by atoms with Crippen LogP contribution < -0.4 is 5.32 Å². The van der Waals surface area contributed by atoms with Gasteiger partial charge in [0.05, 0.1) is 25.4 Å². The number of hydrogen-bond donors (Lipinski definition) is 3. The highest BCUT2D eigenvalue weighted by Crippen LogP contribution is 2.17. The van der Waals surface area contributed by atoms with Gasteiger partial charge in [0.15, 0.2) is 0 Å². The summed E-state index contributed by atoms with van der Waals surface area (Å²) in [7, 11) is 0. The Hall–Kier alpha value is -1.92. The smallest absolute Gasteiger partial charge is 0.305 e. The molecule has 0 aliphatic heterocycles. The quantitative estimate of drug-likeness (QED) is 0.0321. The van der Waals surface area contributed by atoms with Crippen molar-refractivity contribution in [3.63, 3.8) is 0 Å². The molecule has 71 heavy (non-hydrogen) atoms. The second kappa shape index (κ2) is 60.6. The van der Waals surface area contributed by atoms with Crippen LogP contribution >= 0.6 is 0 Å². The Labute approximate surface area is 443 Å². The molecule has 0 aliphatic carbocycles. The fraction of sp³-hybridized carbons (Fsp3) is 0.877.